The number of aromatic nitrogens is 3. The van der Waals surface area contributed by atoms with E-state index in [1.54, 1.807) is 11.0 Å². The molecule has 0 bridgehead atoms. The minimum absolute atomic E-state index is 0.0971. The Balaban J connectivity index is 1.73. The summed E-state index contributed by atoms with van der Waals surface area (Å²) < 4.78 is 6.71. The first kappa shape index (κ1) is 18.6. The quantitative estimate of drug-likeness (QED) is 0.524. The van der Waals surface area contributed by atoms with Gasteiger partial charge >= 0.3 is 0 Å². The molecular formula is C22H20N4O3. The van der Waals surface area contributed by atoms with E-state index >= 15 is 0 Å². The molecule has 4 rings (SSSR count). The Morgan fingerprint density at radius 3 is 2.52 bits per heavy atom. The molecule has 4 aromatic rings. The predicted molar refractivity (Wildman–Crippen MR) is 110 cm³/mol. The minimum atomic E-state index is -0.317. The minimum Gasteiger partial charge on any atom is -0.361 e. The number of rotatable bonds is 5. The summed E-state index contributed by atoms with van der Waals surface area (Å²) in [6.45, 7) is 3.88. The lowest BCUT2D eigenvalue weighted by atomic mass is 10.1. The third kappa shape index (κ3) is 3.67. The number of benzene rings is 2. The summed E-state index contributed by atoms with van der Waals surface area (Å²) in [6.07, 6.45) is 1.25. The van der Waals surface area contributed by atoms with E-state index < -0.39 is 0 Å². The van der Waals surface area contributed by atoms with E-state index in [0.29, 0.717) is 23.3 Å². The number of carbonyl (C=O) groups excluding carboxylic acids is 1. The SMILES string of the molecule is Cc1noc(C)c1CN(C(=O)Cn1c(=O)cnc2ccccc21)c1ccccc1. The molecule has 2 heterocycles. The molecule has 7 heteroatoms. The van der Waals surface area contributed by atoms with Crippen molar-refractivity contribution in [2.24, 2.45) is 0 Å². The van der Waals surface area contributed by atoms with Crippen molar-refractivity contribution < 1.29 is 9.32 Å². The Kier molecular flexibility index (Phi) is 4.95. The highest BCUT2D eigenvalue weighted by Crippen LogP contribution is 2.21. The lowest BCUT2D eigenvalue weighted by Gasteiger charge is -2.23. The molecule has 2 aromatic carbocycles. The second kappa shape index (κ2) is 7.71. The fourth-order valence-corrected chi connectivity index (χ4v) is 3.32. The van der Waals surface area contributed by atoms with Crippen molar-refractivity contribution in [1.29, 1.82) is 0 Å². The van der Waals surface area contributed by atoms with E-state index in [0.717, 1.165) is 16.9 Å². The zero-order chi connectivity index (χ0) is 20.4. The molecular weight excluding hydrogens is 368 g/mol. The smallest absolute Gasteiger partial charge is 0.269 e. The normalized spacial score (nSPS) is 11.0. The standard InChI is InChI=1S/C22H20N4O3/c1-15-18(16(2)29-24-15)13-25(17-8-4-3-5-9-17)22(28)14-26-20-11-7-6-10-19(20)23-12-21(26)27/h3-12H,13-14H2,1-2H3. The van der Waals surface area contributed by atoms with Crippen molar-refractivity contribution in [2.75, 3.05) is 4.90 Å². The van der Waals surface area contributed by atoms with Crippen LogP contribution in [0.3, 0.4) is 0 Å². The fraction of sp³-hybridized carbons (Fsp3) is 0.182. The molecule has 0 fully saturated rings. The number of para-hydroxylation sites is 3. The molecule has 0 saturated heterocycles. The molecule has 1 amide bonds. The molecule has 0 unspecified atom stereocenters. The monoisotopic (exact) mass is 388 g/mol. The van der Waals surface area contributed by atoms with Gasteiger partial charge in [0, 0.05) is 11.3 Å². The molecule has 0 spiro atoms. The maximum Gasteiger partial charge on any atom is 0.269 e. The Morgan fingerprint density at radius 2 is 1.79 bits per heavy atom. The van der Waals surface area contributed by atoms with Crippen LogP contribution in [0.4, 0.5) is 5.69 Å². The van der Waals surface area contributed by atoms with E-state index in [1.807, 2.05) is 62.4 Å². The Morgan fingerprint density at radius 1 is 1.07 bits per heavy atom. The molecule has 0 radical (unpaired) electrons. The highest BCUT2D eigenvalue weighted by molar-refractivity contribution is 5.94. The maximum atomic E-state index is 13.4. The van der Waals surface area contributed by atoms with Gasteiger partial charge in [-0.05, 0) is 38.1 Å². The first-order valence-electron chi connectivity index (χ1n) is 9.26. The van der Waals surface area contributed by atoms with Crippen LogP contribution in [0.1, 0.15) is 17.0 Å². The van der Waals surface area contributed by atoms with Gasteiger partial charge in [0.05, 0.1) is 29.5 Å². The number of hydrogen-bond donors (Lipinski definition) is 0. The molecule has 29 heavy (non-hydrogen) atoms. The molecule has 0 aliphatic rings. The van der Waals surface area contributed by atoms with E-state index in [-0.39, 0.29) is 18.0 Å². The number of fused-ring (bicyclic) bond motifs is 1. The molecule has 0 N–H and O–H groups in total. The molecule has 2 aromatic heterocycles. The largest absolute Gasteiger partial charge is 0.361 e. The molecule has 146 valence electrons. The molecule has 0 aliphatic heterocycles. The Bertz CT molecular complexity index is 1210. The van der Waals surface area contributed by atoms with Gasteiger partial charge in [-0.1, -0.05) is 35.5 Å². The van der Waals surface area contributed by atoms with Crippen LogP contribution in [0, 0.1) is 13.8 Å². The van der Waals surface area contributed by atoms with Crippen LogP contribution in [0.5, 0.6) is 0 Å². The van der Waals surface area contributed by atoms with Crippen molar-refractivity contribution in [1.82, 2.24) is 14.7 Å². The van der Waals surface area contributed by atoms with Gasteiger partial charge in [-0.25, -0.2) is 4.98 Å². The van der Waals surface area contributed by atoms with Crippen molar-refractivity contribution >= 4 is 22.6 Å². The van der Waals surface area contributed by atoms with Gasteiger partial charge in [0.25, 0.3) is 5.56 Å². The number of amides is 1. The summed E-state index contributed by atoms with van der Waals surface area (Å²) >= 11 is 0. The lowest BCUT2D eigenvalue weighted by molar-refractivity contribution is -0.119. The Labute approximate surface area is 167 Å². The van der Waals surface area contributed by atoms with Gasteiger partial charge in [-0.2, -0.15) is 0 Å². The van der Waals surface area contributed by atoms with Crippen LogP contribution in [0.15, 0.2) is 70.1 Å². The molecule has 0 saturated carbocycles. The number of carbonyl (C=O) groups is 1. The van der Waals surface area contributed by atoms with Crippen LogP contribution < -0.4 is 10.5 Å². The van der Waals surface area contributed by atoms with Crippen LogP contribution in [-0.4, -0.2) is 20.6 Å². The molecule has 0 aliphatic carbocycles. The van der Waals surface area contributed by atoms with E-state index in [1.165, 1.54) is 10.8 Å². The predicted octanol–water partition coefficient (Wildman–Crippen LogP) is 3.23. The first-order valence-corrected chi connectivity index (χ1v) is 9.26. The van der Waals surface area contributed by atoms with E-state index in [2.05, 4.69) is 10.1 Å². The van der Waals surface area contributed by atoms with Crippen LogP contribution in [-0.2, 0) is 17.9 Å². The van der Waals surface area contributed by atoms with E-state index in [4.69, 9.17) is 4.52 Å². The van der Waals surface area contributed by atoms with Crippen LogP contribution in [0.2, 0.25) is 0 Å². The van der Waals surface area contributed by atoms with Gasteiger partial charge < -0.3 is 9.42 Å². The van der Waals surface area contributed by atoms with Crippen LogP contribution in [0.25, 0.3) is 11.0 Å². The number of hydrogen-bond acceptors (Lipinski definition) is 5. The van der Waals surface area contributed by atoms with Gasteiger partial charge in [-0.15, -0.1) is 0 Å². The van der Waals surface area contributed by atoms with Crippen molar-refractivity contribution in [3.8, 4) is 0 Å². The second-order valence-electron chi connectivity index (χ2n) is 6.79. The van der Waals surface area contributed by atoms with Gasteiger partial charge in [0.15, 0.2) is 0 Å². The van der Waals surface area contributed by atoms with Gasteiger partial charge in [0.2, 0.25) is 5.91 Å². The number of nitrogens with zero attached hydrogens (tertiary/aromatic N) is 4. The van der Waals surface area contributed by atoms with Crippen molar-refractivity contribution in [3.63, 3.8) is 0 Å². The maximum absolute atomic E-state index is 13.4. The number of anilines is 1. The molecule has 7 nitrogen and oxygen atoms in total. The van der Waals surface area contributed by atoms with Crippen LogP contribution >= 0.6 is 0 Å². The van der Waals surface area contributed by atoms with Gasteiger partial charge in [0.1, 0.15) is 12.3 Å². The topological polar surface area (TPSA) is 81.2 Å². The third-order valence-electron chi connectivity index (χ3n) is 4.91. The zero-order valence-corrected chi connectivity index (χ0v) is 16.2. The summed E-state index contributed by atoms with van der Waals surface area (Å²) in [6, 6.07) is 16.6. The molecule has 0 atom stereocenters. The van der Waals surface area contributed by atoms with E-state index in [9.17, 15) is 9.59 Å². The Hall–Kier alpha value is -3.74. The fourth-order valence-electron chi connectivity index (χ4n) is 3.32. The summed E-state index contributed by atoms with van der Waals surface area (Å²) in [7, 11) is 0. The summed E-state index contributed by atoms with van der Waals surface area (Å²) in [5.74, 6) is 0.456. The summed E-state index contributed by atoms with van der Waals surface area (Å²) in [5, 5.41) is 3.98. The average molecular weight is 388 g/mol. The third-order valence-corrected chi connectivity index (χ3v) is 4.91. The zero-order valence-electron chi connectivity index (χ0n) is 16.2. The second-order valence-corrected chi connectivity index (χ2v) is 6.79. The highest BCUT2D eigenvalue weighted by Gasteiger charge is 2.21. The number of aryl methyl sites for hydroxylation is 2. The summed E-state index contributed by atoms with van der Waals surface area (Å²) in [5.41, 5.74) is 3.30. The van der Waals surface area contributed by atoms with Crippen molar-refractivity contribution in [3.05, 3.63) is 88.2 Å². The first-order chi connectivity index (χ1) is 14.0. The van der Waals surface area contributed by atoms with Crippen molar-refractivity contribution in [2.45, 2.75) is 26.9 Å². The highest BCUT2D eigenvalue weighted by atomic mass is 16.5. The lowest BCUT2D eigenvalue weighted by Crippen LogP contribution is -2.36. The summed E-state index contributed by atoms with van der Waals surface area (Å²) in [4.78, 5) is 31.6. The van der Waals surface area contributed by atoms with Gasteiger partial charge in [-0.3, -0.25) is 14.2 Å². The average Bonchev–Trinajstić information content (AvgIpc) is 3.06.